The molecule has 0 saturated carbocycles. The number of halogens is 1. The Bertz CT molecular complexity index is 1820. The van der Waals surface area contributed by atoms with E-state index in [1.165, 1.54) is 0 Å². The van der Waals surface area contributed by atoms with E-state index in [1.807, 2.05) is 48.5 Å². The molecule has 0 atom stereocenters. The van der Waals surface area contributed by atoms with Crippen LogP contribution in [0, 0.1) is 0 Å². The summed E-state index contributed by atoms with van der Waals surface area (Å²) < 4.78 is 8.68. The lowest BCUT2D eigenvalue weighted by Crippen LogP contribution is -1.93. The van der Waals surface area contributed by atoms with Gasteiger partial charge in [0, 0.05) is 32.8 Å². The summed E-state index contributed by atoms with van der Waals surface area (Å²) in [6.07, 6.45) is 0. The first-order valence-electron chi connectivity index (χ1n) is 10.9. The Morgan fingerprint density at radius 3 is 2.21 bits per heavy atom. The third-order valence-corrected chi connectivity index (χ3v) is 6.59. The van der Waals surface area contributed by atoms with Gasteiger partial charge < -0.3 is 8.98 Å². The largest absolute Gasteiger partial charge is 0.435 e. The number of rotatable bonds is 2. The number of oxazole rings is 1. The maximum atomic E-state index is 6.87. The third-order valence-electron chi connectivity index (χ3n) is 6.27. The van der Waals surface area contributed by atoms with Crippen LogP contribution in [-0.4, -0.2) is 9.55 Å². The molecule has 7 rings (SSSR count). The van der Waals surface area contributed by atoms with Crippen molar-refractivity contribution >= 4 is 55.3 Å². The fourth-order valence-electron chi connectivity index (χ4n) is 4.86. The molecule has 0 fully saturated rings. The molecule has 156 valence electrons. The van der Waals surface area contributed by atoms with Crippen molar-refractivity contribution in [1.82, 2.24) is 9.55 Å². The van der Waals surface area contributed by atoms with Gasteiger partial charge in [-0.2, -0.15) is 0 Å². The first-order valence-corrected chi connectivity index (χ1v) is 11.2. The maximum Gasteiger partial charge on any atom is 0.227 e. The second kappa shape index (κ2) is 6.96. The minimum Gasteiger partial charge on any atom is -0.435 e. The molecule has 0 radical (unpaired) electrons. The number of hydrogen-bond donors (Lipinski definition) is 0. The van der Waals surface area contributed by atoms with Crippen molar-refractivity contribution in [2.75, 3.05) is 0 Å². The average Bonchev–Trinajstić information content (AvgIpc) is 3.44. The Balaban J connectivity index is 1.69. The Morgan fingerprint density at radius 1 is 0.667 bits per heavy atom. The molecule has 2 aromatic heterocycles. The van der Waals surface area contributed by atoms with Crippen molar-refractivity contribution in [3.05, 3.63) is 108 Å². The van der Waals surface area contributed by atoms with Crippen LogP contribution in [0.25, 0.3) is 60.8 Å². The lowest BCUT2D eigenvalue weighted by molar-refractivity contribution is 0.623. The number of nitrogens with zero attached hydrogens (tertiary/aromatic N) is 2. The van der Waals surface area contributed by atoms with E-state index in [0.29, 0.717) is 10.9 Å². The number of benzene rings is 5. The summed E-state index contributed by atoms with van der Waals surface area (Å²) in [6.45, 7) is 0. The number of fused-ring (bicyclic) bond motifs is 7. The summed E-state index contributed by atoms with van der Waals surface area (Å²) in [6, 6.07) is 34.9. The van der Waals surface area contributed by atoms with Crippen LogP contribution >= 0.6 is 11.6 Å². The van der Waals surface area contributed by atoms with Gasteiger partial charge in [-0.15, -0.1) is 0 Å². The lowest BCUT2D eigenvalue weighted by atomic mass is 10.0. The highest BCUT2D eigenvalue weighted by atomic mass is 35.5. The minimum atomic E-state index is 0.609. The molecule has 0 aliphatic rings. The zero-order valence-corrected chi connectivity index (χ0v) is 18.3. The van der Waals surface area contributed by atoms with Crippen LogP contribution in [0.3, 0.4) is 0 Å². The quantitative estimate of drug-likeness (QED) is 0.268. The number of para-hydroxylation sites is 2. The second-order valence-electron chi connectivity index (χ2n) is 8.16. The highest BCUT2D eigenvalue weighted by molar-refractivity contribution is 6.40. The highest BCUT2D eigenvalue weighted by Crippen LogP contribution is 2.43. The normalized spacial score (nSPS) is 11.8. The summed E-state index contributed by atoms with van der Waals surface area (Å²) in [5.41, 5.74) is 5.80. The highest BCUT2D eigenvalue weighted by Gasteiger charge is 2.20. The topological polar surface area (TPSA) is 31.0 Å². The van der Waals surface area contributed by atoms with Crippen molar-refractivity contribution in [3.63, 3.8) is 0 Å². The molecule has 7 aromatic rings. The molecule has 0 bridgehead atoms. The molecule has 0 aliphatic carbocycles. The van der Waals surface area contributed by atoms with Crippen molar-refractivity contribution in [1.29, 1.82) is 0 Å². The molecule has 0 amide bonds. The van der Waals surface area contributed by atoms with Crippen LogP contribution < -0.4 is 0 Å². The number of hydrogen-bond acceptors (Lipinski definition) is 2. The molecule has 4 heteroatoms. The first-order chi connectivity index (χ1) is 16.3. The van der Waals surface area contributed by atoms with Crippen molar-refractivity contribution in [2.45, 2.75) is 0 Å². The van der Waals surface area contributed by atoms with E-state index in [1.54, 1.807) is 0 Å². The second-order valence-corrected chi connectivity index (χ2v) is 8.57. The Kier molecular flexibility index (Phi) is 3.90. The fraction of sp³-hybridized carbons (Fsp3) is 0. The fourth-order valence-corrected chi connectivity index (χ4v) is 5.12. The molecule has 5 aromatic carbocycles. The molecular weight excluding hydrogens is 428 g/mol. The van der Waals surface area contributed by atoms with E-state index in [4.69, 9.17) is 21.0 Å². The van der Waals surface area contributed by atoms with Crippen LogP contribution in [0.5, 0.6) is 0 Å². The zero-order chi connectivity index (χ0) is 21.9. The van der Waals surface area contributed by atoms with Gasteiger partial charge in [0.05, 0.1) is 16.1 Å². The average molecular weight is 445 g/mol. The first kappa shape index (κ1) is 18.5. The predicted molar refractivity (Wildman–Crippen MR) is 136 cm³/mol. The molecule has 0 unspecified atom stereocenters. The van der Waals surface area contributed by atoms with Crippen molar-refractivity contribution in [2.24, 2.45) is 0 Å². The van der Waals surface area contributed by atoms with E-state index in [9.17, 15) is 0 Å². The van der Waals surface area contributed by atoms with Gasteiger partial charge in [0.2, 0.25) is 5.89 Å². The number of aromatic nitrogens is 2. The summed E-state index contributed by atoms with van der Waals surface area (Å²) in [5, 5.41) is 4.93. The van der Waals surface area contributed by atoms with E-state index >= 15 is 0 Å². The van der Waals surface area contributed by atoms with Crippen LogP contribution in [0.4, 0.5) is 0 Å². The molecule has 2 heterocycles. The molecule has 0 spiro atoms. The zero-order valence-electron chi connectivity index (χ0n) is 17.5. The van der Waals surface area contributed by atoms with Crippen LogP contribution in [-0.2, 0) is 0 Å². The van der Waals surface area contributed by atoms with Gasteiger partial charge in [-0.3, -0.25) is 0 Å². The molecule has 0 aliphatic heterocycles. The van der Waals surface area contributed by atoms with Crippen LogP contribution in [0.2, 0.25) is 5.02 Å². The molecule has 33 heavy (non-hydrogen) atoms. The Morgan fingerprint density at radius 2 is 1.39 bits per heavy atom. The molecule has 0 saturated heterocycles. The van der Waals surface area contributed by atoms with Crippen LogP contribution in [0.1, 0.15) is 0 Å². The summed E-state index contributed by atoms with van der Waals surface area (Å²) >= 11 is 6.87. The monoisotopic (exact) mass is 444 g/mol. The SMILES string of the molecule is Clc1cc2c(c3ccccc3n2-c2ccccc2)c2c1ccc1nc(-c3ccccc3)oc12. The van der Waals surface area contributed by atoms with Gasteiger partial charge in [-0.05, 0) is 42.5 Å². The summed E-state index contributed by atoms with van der Waals surface area (Å²) in [7, 11) is 0. The van der Waals surface area contributed by atoms with Gasteiger partial charge >= 0.3 is 0 Å². The van der Waals surface area contributed by atoms with Crippen molar-refractivity contribution in [3.8, 4) is 17.1 Å². The molecular formula is C29H17ClN2O. The van der Waals surface area contributed by atoms with E-state index < -0.39 is 0 Å². The minimum absolute atomic E-state index is 0.609. The van der Waals surface area contributed by atoms with Gasteiger partial charge in [0.15, 0.2) is 5.58 Å². The van der Waals surface area contributed by atoms with Crippen LogP contribution in [0.15, 0.2) is 108 Å². The summed E-state index contributed by atoms with van der Waals surface area (Å²) in [4.78, 5) is 4.80. The van der Waals surface area contributed by atoms with E-state index in [2.05, 4.69) is 59.2 Å². The Hall–Kier alpha value is -4.08. The van der Waals surface area contributed by atoms with E-state index in [-0.39, 0.29) is 0 Å². The van der Waals surface area contributed by atoms with Gasteiger partial charge in [0.1, 0.15) is 5.52 Å². The maximum absolute atomic E-state index is 6.87. The van der Waals surface area contributed by atoms with E-state index in [0.717, 1.165) is 54.9 Å². The lowest BCUT2D eigenvalue weighted by Gasteiger charge is -2.09. The van der Waals surface area contributed by atoms with Crippen molar-refractivity contribution < 1.29 is 4.42 Å². The third kappa shape index (κ3) is 2.66. The summed E-state index contributed by atoms with van der Waals surface area (Å²) in [5.74, 6) is 0.609. The van der Waals surface area contributed by atoms with Gasteiger partial charge in [-0.25, -0.2) is 4.98 Å². The standard InChI is InChI=1S/C29H17ClN2O/c30-22-17-25-26(21-13-7-8-14-24(21)32(25)19-11-5-2-6-12-19)27-20(22)15-16-23-28(27)33-29(31-23)18-9-3-1-4-10-18/h1-17H. The van der Waals surface area contributed by atoms with Gasteiger partial charge in [-0.1, -0.05) is 72.3 Å². The smallest absolute Gasteiger partial charge is 0.227 e. The van der Waals surface area contributed by atoms with Gasteiger partial charge in [0.25, 0.3) is 0 Å². The molecule has 0 N–H and O–H groups in total. The Labute approximate surface area is 194 Å². The molecule has 3 nitrogen and oxygen atoms in total. The predicted octanol–water partition coefficient (Wildman–Crippen LogP) is 8.40.